The molecule has 8 amide bonds. The van der Waals surface area contributed by atoms with E-state index in [-0.39, 0.29) is 47.4 Å². The van der Waals surface area contributed by atoms with Gasteiger partial charge < -0.3 is 102 Å². The Labute approximate surface area is 560 Å². The van der Waals surface area contributed by atoms with Gasteiger partial charge >= 0.3 is 29.6 Å². The number of unbranched alkanes of at least 4 members (excludes halogenated alkanes) is 2. The van der Waals surface area contributed by atoms with Gasteiger partial charge in [-0.05, 0) is 67.4 Å². The maximum absolute atomic E-state index is 14.7. The molecule has 498 valence electrons. The van der Waals surface area contributed by atoms with Crippen molar-refractivity contribution in [2.75, 3.05) is 19.7 Å². The first-order valence-electron chi connectivity index (χ1n) is 29.0. The molecule has 0 bridgehead atoms. The van der Waals surface area contributed by atoms with E-state index in [4.69, 9.17) is 19.6 Å². The Morgan fingerprint density at radius 3 is 2.15 bits per heavy atom. The molecule has 3 saturated heterocycles. The summed E-state index contributed by atoms with van der Waals surface area (Å²) >= 11 is 1.23. The molecule has 0 radical (unpaired) electrons. The van der Waals surface area contributed by atoms with Gasteiger partial charge in [0.1, 0.15) is 65.3 Å². The second kappa shape index (κ2) is 32.8. The SMILES string of the molecule is CCCCCOc1ccc(-c2nn3cc(-c4ccc(C(=O)NC5CC(O)C(O)NC(=O)C6C(O)C(C)CN6C(=O)C(C(O)CC(N)=O)NC(=O)C(C(O)C(O)c6ccc(O)c(OSOO[O-])c6)NC(=O)C6CC(O)CN6C(=O)C(C(C)O)NC5=O)cc4)nc3s2)cc1.[Na+]. The zero-order chi connectivity index (χ0) is 66.8. The number of hydrogen-bond donors (Lipinski definition) is 15. The van der Waals surface area contributed by atoms with Crippen molar-refractivity contribution in [3.05, 3.63) is 84.1 Å². The van der Waals surface area contributed by atoms with Crippen LogP contribution in [0, 0.1) is 5.92 Å². The molecule has 3 aliphatic heterocycles. The predicted molar refractivity (Wildman–Crippen MR) is 316 cm³/mol. The van der Waals surface area contributed by atoms with E-state index in [0.717, 1.165) is 55.7 Å². The molecular formula is C57H70N11NaO22S2. The summed E-state index contributed by atoms with van der Waals surface area (Å²) in [7, 11) is 0. The molecule has 0 aliphatic carbocycles. The van der Waals surface area contributed by atoms with E-state index in [2.05, 4.69) is 42.7 Å². The number of primary amides is 1. The first-order valence-corrected chi connectivity index (χ1v) is 30.5. The molecule has 15 unspecified atom stereocenters. The number of carbonyl (C=O) groups excluding carboxylic acids is 8. The largest absolute Gasteiger partial charge is 1.00 e. The van der Waals surface area contributed by atoms with Crippen molar-refractivity contribution in [1.82, 2.24) is 51.0 Å². The van der Waals surface area contributed by atoms with Crippen molar-refractivity contribution in [3.63, 3.8) is 0 Å². The minimum atomic E-state index is -2.57. The van der Waals surface area contributed by atoms with Crippen LogP contribution in [0.25, 0.3) is 26.8 Å². The molecule has 3 aromatic carbocycles. The Balaban J connectivity index is 0.0000123. The summed E-state index contributed by atoms with van der Waals surface area (Å²) in [5, 5.41) is 132. The zero-order valence-corrected chi connectivity index (χ0v) is 54.0. The number of benzene rings is 3. The minimum absolute atomic E-state index is 0. The number of imidazole rings is 1. The molecule has 3 fully saturated rings. The van der Waals surface area contributed by atoms with Crippen molar-refractivity contribution in [3.8, 4) is 39.1 Å². The standard InChI is InChI=1S/C57H71N11O22S2.Na/c1-4-5-6-17-87-32-14-11-29(12-15-32)54-65-68-24-34(60-57(68)91-54)27-7-9-28(10-8-27)48(78)59-33-20-38(73)51(81)64-53(83)44-45(75)25(2)22-67(44)56(85)42(37(72)21-40(58)74)62-52(82)43(47(77)46(76)30-13-16-36(71)39(18-30)88-92-90-89-86)63-50(80)35-19-31(70)23-66(35)55(84)41(26(3)69)61-49(33)79;/h7-16,18,24-26,31,33,35,37-38,41-47,51,69-73,75-77,81,86H,4-6,17,19-23H2,1-3H3,(H2,58,74)(H,59,78)(H,61,79)(H,62,82)(H,63,80)(H,64,83);/q;+1/p-1. The monoisotopic (exact) mass is 1350 g/mol. The molecule has 0 saturated carbocycles. The van der Waals surface area contributed by atoms with Crippen molar-refractivity contribution in [2.45, 2.75) is 145 Å². The van der Waals surface area contributed by atoms with Crippen LogP contribution in [0.15, 0.2) is 72.9 Å². The van der Waals surface area contributed by atoms with E-state index in [1.165, 1.54) is 30.4 Å². The molecule has 0 spiro atoms. The van der Waals surface area contributed by atoms with Crippen molar-refractivity contribution in [1.29, 1.82) is 0 Å². The number of aromatic hydroxyl groups is 1. The van der Waals surface area contributed by atoms with E-state index in [9.17, 15) is 89.6 Å². The number of phenolic OH excluding ortho intramolecular Hbond substituents is 1. The van der Waals surface area contributed by atoms with Gasteiger partial charge in [-0.3, -0.25) is 43.4 Å². The van der Waals surface area contributed by atoms with Gasteiger partial charge in [-0.15, -0.1) is 4.33 Å². The van der Waals surface area contributed by atoms with Crippen LogP contribution in [0.4, 0.5) is 0 Å². The molecule has 33 nitrogen and oxygen atoms in total. The molecular weight excluding hydrogens is 1280 g/mol. The summed E-state index contributed by atoms with van der Waals surface area (Å²) in [6.07, 6.45) is -15.0. The number of nitrogens with two attached hydrogens (primary N) is 1. The third-order valence-electron chi connectivity index (χ3n) is 15.7. The Morgan fingerprint density at radius 2 is 1.49 bits per heavy atom. The van der Waals surface area contributed by atoms with Gasteiger partial charge in [0.15, 0.2) is 17.7 Å². The van der Waals surface area contributed by atoms with Crippen molar-refractivity contribution in [2.24, 2.45) is 11.7 Å². The Kier molecular flexibility index (Phi) is 25.8. The van der Waals surface area contributed by atoms with Crippen LogP contribution in [0.2, 0.25) is 0 Å². The van der Waals surface area contributed by atoms with Crippen LogP contribution in [0.3, 0.4) is 0 Å². The number of fused-ring (bicyclic) bond motifs is 3. The van der Waals surface area contributed by atoms with Gasteiger partial charge in [0, 0.05) is 48.5 Å². The number of rotatable bonds is 20. The molecule has 5 heterocycles. The second-order valence-corrected chi connectivity index (χ2v) is 23.8. The van der Waals surface area contributed by atoms with E-state index in [1.54, 1.807) is 22.8 Å². The smallest absolute Gasteiger partial charge is 0.691 e. The Morgan fingerprint density at radius 1 is 0.828 bits per heavy atom. The van der Waals surface area contributed by atoms with E-state index in [0.29, 0.717) is 37.6 Å². The quantitative estimate of drug-likeness (QED) is 0.0113. The normalized spacial score (nSPS) is 25.6. The van der Waals surface area contributed by atoms with Gasteiger partial charge in [0.25, 0.3) is 18.2 Å². The molecule has 3 aliphatic rings. The number of ether oxygens (including phenoxy) is 1. The average Bonchev–Trinajstić information content (AvgIpc) is 1.71. The summed E-state index contributed by atoms with van der Waals surface area (Å²) in [4.78, 5) is 120. The molecule has 36 heteroatoms. The first kappa shape index (κ1) is 73.2. The van der Waals surface area contributed by atoms with Crippen LogP contribution >= 0.6 is 23.7 Å². The van der Waals surface area contributed by atoms with Crippen LogP contribution in [0.1, 0.15) is 81.3 Å². The maximum atomic E-state index is 14.7. The second-order valence-electron chi connectivity index (χ2n) is 22.4. The third-order valence-corrected chi connectivity index (χ3v) is 17.0. The topological polar surface area (TPSA) is 501 Å². The van der Waals surface area contributed by atoms with Gasteiger partial charge in [-0.1, -0.05) is 56.2 Å². The van der Waals surface area contributed by atoms with Crippen LogP contribution in [-0.4, -0.2) is 216 Å². The first-order chi connectivity index (χ1) is 43.8. The number of aliphatic hydroxyl groups excluding tert-OH is 8. The maximum Gasteiger partial charge on any atom is 1.00 e. The molecule has 15 atom stereocenters. The Hall–Kier alpha value is -7.17. The van der Waals surface area contributed by atoms with Crippen molar-refractivity contribution < 1.29 is 137 Å². The fraction of sp³-hybridized carbons (Fsp3) is 0.474. The van der Waals surface area contributed by atoms with Crippen molar-refractivity contribution >= 4 is 75.9 Å². The number of nitrogens with one attached hydrogen (secondary N) is 5. The van der Waals surface area contributed by atoms with Crippen LogP contribution in [-0.2, 0) is 42.9 Å². The van der Waals surface area contributed by atoms with Gasteiger partial charge in [0.05, 0.1) is 49.3 Å². The molecule has 8 rings (SSSR count). The van der Waals surface area contributed by atoms with E-state index >= 15 is 0 Å². The van der Waals surface area contributed by atoms with Crippen LogP contribution < -0.4 is 76.1 Å². The molecule has 16 N–H and O–H groups in total. The molecule has 93 heavy (non-hydrogen) atoms. The number of aromatic nitrogens is 3. The summed E-state index contributed by atoms with van der Waals surface area (Å²) in [5.41, 5.74) is 6.77. The van der Waals surface area contributed by atoms with E-state index in [1.807, 2.05) is 29.6 Å². The number of phenols is 1. The predicted octanol–water partition coefficient (Wildman–Crippen LogP) is -6.80. The number of amides is 8. The van der Waals surface area contributed by atoms with Gasteiger partial charge in [0.2, 0.25) is 46.3 Å². The van der Waals surface area contributed by atoms with Gasteiger partial charge in [-0.2, -0.15) is 5.10 Å². The number of hydrogen-bond acceptors (Lipinski definition) is 26. The Bertz CT molecular complexity index is 3430. The fourth-order valence-corrected chi connectivity index (χ4v) is 11.8. The van der Waals surface area contributed by atoms with Crippen LogP contribution in [0.5, 0.6) is 17.2 Å². The summed E-state index contributed by atoms with van der Waals surface area (Å²) < 4.78 is 16.5. The number of carbonyl (C=O) groups is 8. The molecule has 2 aromatic heterocycles. The minimum Gasteiger partial charge on any atom is -0.691 e. The van der Waals surface area contributed by atoms with E-state index < -0.39 is 188 Å². The summed E-state index contributed by atoms with van der Waals surface area (Å²) in [6.45, 7) is 3.92. The third kappa shape index (κ3) is 17.8. The fourth-order valence-electron chi connectivity index (χ4n) is 10.7. The van der Waals surface area contributed by atoms with Gasteiger partial charge in [-0.25, -0.2) is 9.50 Å². The zero-order valence-electron chi connectivity index (χ0n) is 50.4. The summed E-state index contributed by atoms with van der Waals surface area (Å²) in [6, 6.07) is 3.32. The molecule has 5 aromatic rings. The number of nitrogens with zero attached hydrogens (tertiary/aromatic N) is 5. The average molecular weight is 1350 g/mol. The number of aliphatic hydroxyl groups is 8. The summed E-state index contributed by atoms with van der Waals surface area (Å²) in [5.74, 6) is -12.1.